The lowest BCUT2D eigenvalue weighted by Crippen LogP contribution is -2.07. The topological polar surface area (TPSA) is 87.1 Å². The van der Waals surface area contributed by atoms with Gasteiger partial charge in [0.25, 0.3) is 0 Å². The fraction of sp³-hybridized carbons (Fsp3) is 0.105. The molecule has 0 radical (unpaired) electrons. The maximum atomic E-state index is 10.7. The number of carbonyl (C=O) groups is 1. The van der Waals surface area contributed by atoms with Gasteiger partial charge in [0, 0.05) is 22.9 Å². The Labute approximate surface area is 176 Å². The number of rotatable bonds is 7. The maximum absolute atomic E-state index is 10.7. The van der Waals surface area contributed by atoms with Crippen molar-refractivity contribution in [2.75, 3.05) is 10.6 Å². The van der Waals surface area contributed by atoms with Crippen molar-refractivity contribution in [3.8, 4) is 0 Å². The van der Waals surface area contributed by atoms with Crippen LogP contribution in [0.2, 0.25) is 10.3 Å². The summed E-state index contributed by atoms with van der Waals surface area (Å²) in [5.41, 5.74) is 3.60. The second-order valence-electron chi connectivity index (χ2n) is 5.78. The van der Waals surface area contributed by atoms with E-state index in [0.29, 0.717) is 16.5 Å². The van der Waals surface area contributed by atoms with Crippen LogP contribution < -0.4 is 10.6 Å². The minimum absolute atomic E-state index is 0.123. The molecule has 0 aliphatic carbocycles. The Kier molecular flexibility index (Phi) is 6.97. The molecular weight excluding hydrogens is 419 g/mol. The van der Waals surface area contributed by atoms with Gasteiger partial charge in [-0.1, -0.05) is 35.9 Å². The van der Waals surface area contributed by atoms with Gasteiger partial charge in [-0.2, -0.15) is 16.7 Å². The van der Waals surface area contributed by atoms with E-state index in [0.717, 1.165) is 28.3 Å². The third kappa shape index (κ3) is 6.02. The number of amides is 1. The summed E-state index contributed by atoms with van der Waals surface area (Å²) in [6.45, 7) is 0. The third-order valence-electron chi connectivity index (χ3n) is 3.62. The van der Waals surface area contributed by atoms with Crippen molar-refractivity contribution in [1.82, 2.24) is 9.97 Å². The highest BCUT2D eigenvalue weighted by atomic mass is 35.5. The van der Waals surface area contributed by atoms with Gasteiger partial charge in [-0.15, -0.1) is 0 Å². The van der Waals surface area contributed by atoms with Crippen molar-refractivity contribution in [3.63, 3.8) is 0 Å². The van der Waals surface area contributed by atoms with Crippen LogP contribution in [0.15, 0.2) is 54.7 Å². The van der Waals surface area contributed by atoms with Crippen LogP contribution in [0.4, 0.5) is 22.0 Å². The molecule has 144 valence electrons. The van der Waals surface area contributed by atoms with Crippen LogP contribution in [-0.2, 0) is 11.5 Å². The molecule has 9 heteroatoms. The number of aromatic nitrogens is 2. The van der Waals surface area contributed by atoms with Crippen LogP contribution in [0.5, 0.6) is 0 Å². The Balaban J connectivity index is 1.59. The smallest absolute Gasteiger partial charge is 0.409 e. The highest BCUT2D eigenvalue weighted by molar-refractivity contribution is 7.97. The fourth-order valence-corrected chi connectivity index (χ4v) is 3.66. The van der Waals surface area contributed by atoms with Gasteiger partial charge in [0.15, 0.2) is 5.82 Å². The second kappa shape index (κ2) is 9.64. The predicted molar refractivity (Wildman–Crippen MR) is 115 cm³/mol. The lowest BCUT2D eigenvalue weighted by atomic mass is 10.2. The number of halogens is 2. The molecule has 0 unspecified atom stereocenters. The minimum Gasteiger partial charge on any atom is -0.465 e. The number of anilines is 3. The largest absolute Gasteiger partial charge is 0.465 e. The van der Waals surface area contributed by atoms with E-state index in [1.807, 2.05) is 42.5 Å². The maximum Gasteiger partial charge on any atom is 0.409 e. The van der Waals surface area contributed by atoms with Gasteiger partial charge in [0.2, 0.25) is 5.28 Å². The molecule has 0 aliphatic heterocycles. The van der Waals surface area contributed by atoms with Crippen LogP contribution in [0, 0.1) is 0 Å². The van der Waals surface area contributed by atoms with Crippen molar-refractivity contribution < 1.29 is 9.90 Å². The zero-order valence-electron chi connectivity index (χ0n) is 14.5. The van der Waals surface area contributed by atoms with Crippen molar-refractivity contribution in [1.29, 1.82) is 0 Å². The van der Waals surface area contributed by atoms with E-state index in [1.54, 1.807) is 17.8 Å². The number of hydrogen-bond acceptors (Lipinski definition) is 5. The summed E-state index contributed by atoms with van der Waals surface area (Å²) < 4.78 is 0. The summed E-state index contributed by atoms with van der Waals surface area (Å²) in [4.78, 5) is 18.7. The summed E-state index contributed by atoms with van der Waals surface area (Å²) in [5, 5.41) is 14.8. The average molecular weight is 435 g/mol. The van der Waals surface area contributed by atoms with Gasteiger partial charge >= 0.3 is 6.09 Å². The SMILES string of the molecule is O=C(O)Nc1cccc(CSCc2cccc(Nc3nc(Cl)ncc3Cl)c2)c1. The van der Waals surface area contributed by atoms with Crippen LogP contribution >= 0.6 is 35.0 Å². The molecule has 2 aromatic carbocycles. The summed E-state index contributed by atoms with van der Waals surface area (Å²) in [5.74, 6) is 2.01. The highest BCUT2D eigenvalue weighted by Gasteiger charge is 2.06. The molecule has 6 nitrogen and oxygen atoms in total. The first-order valence-electron chi connectivity index (χ1n) is 8.20. The molecule has 0 saturated carbocycles. The molecule has 1 heterocycles. The molecule has 0 atom stereocenters. The third-order valence-corrected chi connectivity index (χ3v) is 5.15. The summed E-state index contributed by atoms with van der Waals surface area (Å²) in [6, 6.07) is 15.3. The normalized spacial score (nSPS) is 10.5. The standard InChI is InChI=1S/C19H16Cl2N4O2S/c20-16-9-22-18(21)25-17(16)23-14-5-1-3-12(7-14)10-28-11-13-4-2-6-15(8-13)24-19(26)27/h1-9,24H,10-11H2,(H,26,27)(H,22,23,25). The first-order chi connectivity index (χ1) is 13.5. The zero-order chi connectivity index (χ0) is 19.9. The molecule has 0 fully saturated rings. The second-order valence-corrected chi connectivity index (χ2v) is 7.52. The number of nitrogens with one attached hydrogen (secondary N) is 2. The summed E-state index contributed by atoms with van der Waals surface area (Å²) in [7, 11) is 0. The molecule has 3 rings (SSSR count). The molecule has 3 aromatic rings. The predicted octanol–water partition coefficient (Wildman–Crippen LogP) is 6.05. The minimum atomic E-state index is -1.07. The molecular formula is C19H16Cl2N4O2S. The van der Waals surface area contributed by atoms with Crippen molar-refractivity contribution in [2.24, 2.45) is 0 Å². The van der Waals surface area contributed by atoms with Crippen LogP contribution in [-0.4, -0.2) is 21.2 Å². The molecule has 0 bridgehead atoms. The Morgan fingerprint density at radius 3 is 2.36 bits per heavy atom. The molecule has 0 spiro atoms. The van der Waals surface area contributed by atoms with E-state index in [1.165, 1.54) is 6.20 Å². The summed E-state index contributed by atoms with van der Waals surface area (Å²) in [6.07, 6.45) is 0.380. The lowest BCUT2D eigenvalue weighted by Gasteiger charge is -2.09. The van der Waals surface area contributed by atoms with Gasteiger partial charge in [0.05, 0.1) is 6.20 Å². The van der Waals surface area contributed by atoms with Crippen LogP contribution in [0.25, 0.3) is 0 Å². The zero-order valence-corrected chi connectivity index (χ0v) is 16.9. The van der Waals surface area contributed by atoms with Gasteiger partial charge in [-0.05, 0) is 47.0 Å². The highest BCUT2D eigenvalue weighted by Crippen LogP contribution is 2.26. The van der Waals surface area contributed by atoms with E-state index in [4.69, 9.17) is 28.3 Å². The Hall–Kier alpha value is -2.48. The van der Waals surface area contributed by atoms with E-state index < -0.39 is 6.09 Å². The summed E-state index contributed by atoms with van der Waals surface area (Å²) >= 11 is 13.6. The van der Waals surface area contributed by atoms with Crippen LogP contribution in [0.3, 0.4) is 0 Å². The first kappa shape index (κ1) is 20.3. The quantitative estimate of drug-likeness (QED) is 0.392. The van der Waals surface area contributed by atoms with Gasteiger partial charge in [-0.3, -0.25) is 5.32 Å². The van der Waals surface area contributed by atoms with E-state index >= 15 is 0 Å². The number of thioether (sulfide) groups is 1. The monoisotopic (exact) mass is 434 g/mol. The number of benzene rings is 2. The van der Waals surface area contributed by atoms with Gasteiger partial charge in [-0.25, -0.2) is 9.78 Å². The number of carboxylic acid groups (broad SMARTS) is 1. The van der Waals surface area contributed by atoms with Crippen molar-refractivity contribution in [3.05, 3.63) is 76.2 Å². The fourth-order valence-electron chi connectivity index (χ4n) is 2.46. The van der Waals surface area contributed by atoms with E-state index in [2.05, 4.69) is 20.6 Å². The van der Waals surface area contributed by atoms with Crippen molar-refractivity contribution >= 4 is 58.2 Å². The number of nitrogens with zero attached hydrogens (tertiary/aromatic N) is 2. The lowest BCUT2D eigenvalue weighted by molar-refractivity contribution is 0.210. The van der Waals surface area contributed by atoms with E-state index in [9.17, 15) is 4.79 Å². The average Bonchev–Trinajstić information content (AvgIpc) is 2.65. The number of hydrogen-bond donors (Lipinski definition) is 3. The van der Waals surface area contributed by atoms with Crippen LogP contribution in [0.1, 0.15) is 11.1 Å². The van der Waals surface area contributed by atoms with Crippen molar-refractivity contribution in [2.45, 2.75) is 11.5 Å². The molecule has 3 N–H and O–H groups in total. The Morgan fingerprint density at radius 2 is 1.68 bits per heavy atom. The Morgan fingerprint density at radius 1 is 1.04 bits per heavy atom. The van der Waals surface area contributed by atoms with Gasteiger partial charge < -0.3 is 10.4 Å². The van der Waals surface area contributed by atoms with Gasteiger partial charge in [0.1, 0.15) is 5.02 Å². The molecule has 0 aliphatic rings. The first-order valence-corrected chi connectivity index (χ1v) is 10.1. The molecule has 0 saturated heterocycles. The molecule has 28 heavy (non-hydrogen) atoms. The molecule has 1 amide bonds. The Bertz CT molecular complexity index is 988. The molecule has 1 aromatic heterocycles. The van der Waals surface area contributed by atoms with E-state index in [-0.39, 0.29) is 5.28 Å².